The molecule has 5 N–H and O–H groups in total. The second-order valence-electron chi connectivity index (χ2n) is 10.9. The molecule has 0 radical (unpaired) electrons. The van der Waals surface area contributed by atoms with Crippen LogP contribution in [0.25, 0.3) is 0 Å². The van der Waals surface area contributed by atoms with Gasteiger partial charge in [0, 0.05) is 25.0 Å². The van der Waals surface area contributed by atoms with Gasteiger partial charge in [-0.25, -0.2) is 0 Å². The smallest absolute Gasteiger partial charge is 0.280 e. The number of nitrogens with one attached hydrogen (secondary N) is 2. The fourth-order valence-corrected chi connectivity index (χ4v) is 5.11. The van der Waals surface area contributed by atoms with Crippen LogP contribution in [0.5, 0.6) is 0 Å². The molecule has 0 saturated carbocycles. The average molecular weight is 499 g/mol. The normalized spacial score (nSPS) is 14.8. The van der Waals surface area contributed by atoms with Gasteiger partial charge in [-0.15, -0.1) is 0 Å². The fraction of sp³-hybridized carbons (Fsp3) is 0.667. The van der Waals surface area contributed by atoms with E-state index in [1.165, 1.54) is 4.31 Å². The average Bonchev–Trinajstić information content (AvgIpc) is 2.65. The van der Waals surface area contributed by atoms with Crippen molar-refractivity contribution in [1.82, 2.24) is 14.3 Å². The molecule has 0 heterocycles. The molecule has 194 valence electrons. The maximum absolute atomic E-state index is 13.0. The van der Waals surface area contributed by atoms with Gasteiger partial charge in [-0.2, -0.15) is 17.4 Å². The van der Waals surface area contributed by atoms with Gasteiger partial charge >= 0.3 is 0 Å². The van der Waals surface area contributed by atoms with Crippen LogP contribution in [0, 0.1) is 11.3 Å². The highest BCUT2D eigenvalue weighted by atomic mass is 32.2. The highest BCUT2D eigenvalue weighted by Gasteiger charge is 2.34. The SMILES string of the molecule is CC(C)CN(C[C@@H](O)[C@H](Cc1ccccc1)NC(=O)CC(C)(C)C(N)=O)S(=O)(=O)NC(C)(C)C. The van der Waals surface area contributed by atoms with Crippen LogP contribution in [-0.2, 0) is 26.2 Å². The van der Waals surface area contributed by atoms with Crippen molar-refractivity contribution >= 4 is 22.0 Å². The molecular formula is C24H42N4O5S. The van der Waals surface area contributed by atoms with E-state index in [9.17, 15) is 23.1 Å². The summed E-state index contributed by atoms with van der Waals surface area (Å²) in [5.74, 6) is -1.04. The van der Waals surface area contributed by atoms with Gasteiger partial charge in [0.25, 0.3) is 10.2 Å². The van der Waals surface area contributed by atoms with Crippen LogP contribution in [0.1, 0.15) is 60.5 Å². The van der Waals surface area contributed by atoms with Crippen LogP contribution in [0.3, 0.4) is 0 Å². The van der Waals surface area contributed by atoms with Crippen molar-refractivity contribution in [2.45, 2.75) is 79.0 Å². The third-order valence-electron chi connectivity index (χ3n) is 5.11. The van der Waals surface area contributed by atoms with Gasteiger partial charge in [0.15, 0.2) is 0 Å². The molecule has 0 saturated heterocycles. The lowest BCUT2D eigenvalue weighted by atomic mass is 9.88. The molecule has 0 aliphatic carbocycles. The number of primary amides is 1. The molecule has 0 spiro atoms. The van der Waals surface area contributed by atoms with Gasteiger partial charge in [-0.05, 0) is 38.7 Å². The first-order chi connectivity index (χ1) is 15.4. The van der Waals surface area contributed by atoms with Gasteiger partial charge < -0.3 is 16.2 Å². The Balaban J connectivity index is 3.17. The number of aliphatic hydroxyl groups is 1. The Morgan fingerprint density at radius 3 is 2.09 bits per heavy atom. The zero-order chi connectivity index (χ0) is 26.3. The van der Waals surface area contributed by atoms with Gasteiger partial charge in [0.2, 0.25) is 11.8 Å². The fourth-order valence-electron chi connectivity index (χ4n) is 3.36. The summed E-state index contributed by atoms with van der Waals surface area (Å²) in [6.07, 6.45) is -1.07. The molecule has 1 rings (SSSR count). The molecule has 34 heavy (non-hydrogen) atoms. The van der Waals surface area contributed by atoms with Crippen molar-refractivity contribution in [2.24, 2.45) is 17.1 Å². The van der Waals surface area contributed by atoms with E-state index < -0.39 is 45.1 Å². The first-order valence-corrected chi connectivity index (χ1v) is 13.0. The van der Waals surface area contributed by atoms with E-state index in [2.05, 4.69) is 10.0 Å². The van der Waals surface area contributed by atoms with Gasteiger partial charge in [0.05, 0.1) is 17.6 Å². The monoisotopic (exact) mass is 498 g/mol. The Hall–Kier alpha value is -2.01. The molecule has 10 heteroatoms. The van der Waals surface area contributed by atoms with Crippen LogP contribution < -0.4 is 15.8 Å². The summed E-state index contributed by atoms with van der Waals surface area (Å²) in [4.78, 5) is 24.4. The number of hydrogen-bond acceptors (Lipinski definition) is 5. The van der Waals surface area contributed by atoms with Crippen LogP contribution in [-0.4, -0.2) is 60.4 Å². The number of nitrogens with two attached hydrogens (primary N) is 1. The summed E-state index contributed by atoms with van der Waals surface area (Å²) in [5.41, 5.74) is 4.51. The summed E-state index contributed by atoms with van der Waals surface area (Å²) in [6, 6.07) is 8.50. The molecule has 2 atom stereocenters. The number of carbonyl (C=O) groups is 2. The highest BCUT2D eigenvalue weighted by Crippen LogP contribution is 2.20. The van der Waals surface area contributed by atoms with Gasteiger partial charge in [-0.3, -0.25) is 9.59 Å². The number of hydrogen-bond donors (Lipinski definition) is 4. The lowest BCUT2D eigenvalue weighted by molar-refractivity contribution is -0.133. The van der Waals surface area contributed by atoms with Crippen molar-refractivity contribution in [3.05, 3.63) is 35.9 Å². The third-order valence-corrected chi connectivity index (χ3v) is 6.96. The van der Waals surface area contributed by atoms with Crippen molar-refractivity contribution in [1.29, 1.82) is 0 Å². The topological polar surface area (TPSA) is 142 Å². The summed E-state index contributed by atoms with van der Waals surface area (Å²) in [6.45, 7) is 12.2. The molecule has 1 aromatic carbocycles. The minimum atomic E-state index is -3.90. The molecule has 0 unspecified atom stereocenters. The van der Waals surface area contributed by atoms with Gasteiger partial charge in [-0.1, -0.05) is 58.0 Å². The Morgan fingerprint density at radius 2 is 1.62 bits per heavy atom. The van der Waals surface area contributed by atoms with Crippen LogP contribution in [0.4, 0.5) is 0 Å². The van der Waals surface area contributed by atoms with Crippen molar-refractivity contribution < 1.29 is 23.1 Å². The maximum atomic E-state index is 13.0. The second-order valence-corrected chi connectivity index (χ2v) is 12.6. The summed E-state index contributed by atoms with van der Waals surface area (Å²) < 4.78 is 29.9. The molecule has 0 aromatic heterocycles. The van der Waals surface area contributed by atoms with E-state index in [0.717, 1.165) is 5.56 Å². The van der Waals surface area contributed by atoms with Crippen LogP contribution >= 0.6 is 0 Å². The quantitative estimate of drug-likeness (QED) is 0.327. The summed E-state index contributed by atoms with van der Waals surface area (Å²) >= 11 is 0. The number of carbonyl (C=O) groups excluding carboxylic acids is 2. The van der Waals surface area contributed by atoms with E-state index in [-0.39, 0.29) is 31.8 Å². The maximum Gasteiger partial charge on any atom is 0.280 e. The lowest BCUT2D eigenvalue weighted by Crippen LogP contribution is -2.55. The van der Waals surface area contributed by atoms with Crippen molar-refractivity contribution in [3.8, 4) is 0 Å². The van der Waals surface area contributed by atoms with Crippen LogP contribution in [0.15, 0.2) is 30.3 Å². The minimum Gasteiger partial charge on any atom is -0.390 e. The zero-order valence-corrected chi connectivity index (χ0v) is 22.3. The molecule has 0 bridgehead atoms. The first kappa shape index (κ1) is 30.0. The first-order valence-electron chi connectivity index (χ1n) is 11.5. The standard InChI is InChI=1S/C24H42N4O5S/c1-17(2)15-28(34(32,33)27-23(3,4)5)16-20(29)19(13-18-11-9-8-10-12-18)26-21(30)14-24(6,7)22(25)31/h8-12,17,19-20,27,29H,13-16H2,1-7H3,(H2,25,31)(H,26,30)/t19-,20+/m0/s1. The highest BCUT2D eigenvalue weighted by molar-refractivity contribution is 7.87. The molecule has 0 aliphatic heterocycles. The predicted molar refractivity (Wildman–Crippen MR) is 134 cm³/mol. The second kappa shape index (κ2) is 12.1. The molecule has 1 aromatic rings. The molecule has 0 aliphatic rings. The molecule has 2 amide bonds. The number of benzene rings is 1. The Labute approximate surface area is 204 Å². The number of amides is 2. The van der Waals surface area contributed by atoms with E-state index in [1.54, 1.807) is 34.6 Å². The van der Waals surface area contributed by atoms with E-state index >= 15 is 0 Å². The van der Waals surface area contributed by atoms with E-state index in [4.69, 9.17) is 5.73 Å². The third kappa shape index (κ3) is 10.5. The summed E-state index contributed by atoms with van der Waals surface area (Å²) in [7, 11) is -3.90. The number of aliphatic hydroxyl groups excluding tert-OH is 1. The number of nitrogens with zero attached hydrogens (tertiary/aromatic N) is 1. The predicted octanol–water partition coefficient (Wildman–Crippen LogP) is 1.57. The van der Waals surface area contributed by atoms with Gasteiger partial charge in [0.1, 0.15) is 0 Å². The van der Waals surface area contributed by atoms with E-state index in [0.29, 0.717) is 0 Å². The van der Waals surface area contributed by atoms with Crippen molar-refractivity contribution in [3.63, 3.8) is 0 Å². The molecule has 0 fully saturated rings. The Morgan fingerprint density at radius 1 is 1.06 bits per heavy atom. The zero-order valence-electron chi connectivity index (χ0n) is 21.5. The molecule has 9 nitrogen and oxygen atoms in total. The van der Waals surface area contributed by atoms with Crippen LogP contribution in [0.2, 0.25) is 0 Å². The Bertz CT molecular complexity index is 911. The minimum absolute atomic E-state index is 0.0160. The number of rotatable bonds is 13. The largest absolute Gasteiger partial charge is 0.390 e. The summed E-state index contributed by atoms with van der Waals surface area (Å²) in [5, 5.41) is 13.9. The Kier molecular flexibility index (Phi) is 10.7. The van der Waals surface area contributed by atoms with E-state index in [1.807, 2.05) is 44.2 Å². The van der Waals surface area contributed by atoms with Crippen molar-refractivity contribution in [2.75, 3.05) is 13.1 Å². The molecular weight excluding hydrogens is 456 g/mol. The lowest BCUT2D eigenvalue weighted by Gasteiger charge is -2.33.